The Balaban J connectivity index is 1.67. The molecule has 1 amide bonds. The number of fused-ring (bicyclic) bond motifs is 1. The lowest BCUT2D eigenvalue weighted by Crippen LogP contribution is -2.27. The van der Waals surface area contributed by atoms with Crippen LogP contribution in [0.3, 0.4) is 0 Å². The molecule has 1 aromatic carbocycles. The van der Waals surface area contributed by atoms with Crippen molar-refractivity contribution in [2.24, 2.45) is 10.5 Å². The van der Waals surface area contributed by atoms with Crippen LogP contribution in [0.25, 0.3) is 0 Å². The van der Waals surface area contributed by atoms with E-state index in [9.17, 15) is 4.79 Å². The van der Waals surface area contributed by atoms with Crippen LogP contribution >= 0.6 is 0 Å². The molecule has 0 spiro atoms. The smallest absolute Gasteiger partial charge is 0.291 e. The molecule has 1 aliphatic rings. The predicted octanol–water partition coefficient (Wildman–Crippen LogP) is 5.02. The molecule has 0 saturated heterocycles. The number of furan rings is 1. The molecule has 0 bridgehead atoms. The molecular formula is C23H24N4O2. The van der Waals surface area contributed by atoms with Crippen molar-refractivity contribution in [3.05, 3.63) is 77.5 Å². The number of nitrogens with zero attached hydrogens (tertiary/aromatic N) is 2. The molecule has 2 N–H and O–H groups in total. The number of benzene rings is 1. The molecule has 0 unspecified atom stereocenters. The summed E-state index contributed by atoms with van der Waals surface area (Å²) < 4.78 is 6.05. The van der Waals surface area contributed by atoms with Crippen molar-refractivity contribution in [3.8, 4) is 0 Å². The standard InChI is InChI=1S/C23H24N4O2/c1-15-20-18(27-26-17-7-5-4-6-8-17)13-23(2,3)14-19(20)29-21(15)22(28)25-16-9-11-24-12-10-16/h4-12,26H,13-14H2,1-3H3,(H,24,25,28)/b27-18-. The molecule has 29 heavy (non-hydrogen) atoms. The maximum atomic E-state index is 12.8. The zero-order valence-electron chi connectivity index (χ0n) is 16.8. The first-order valence-electron chi connectivity index (χ1n) is 9.64. The van der Waals surface area contributed by atoms with Crippen molar-refractivity contribution in [3.63, 3.8) is 0 Å². The lowest BCUT2D eigenvalue weighted by atomic mass is 9.75. The third-order valence-electron chi connectivity index (χ3n) is 5.03. The van der Waals surface area contributed by atoms with E-state index in [1.165, 1.54) is 0 Å². The number of hydrogen-bond donors (Lipinski definition) is 2. The van der Waals surface area contributed by atoms with Crippen molar-refractivity contribution in [1.29, 1.82) is 0 Å². The summed E-state index contributed by atoms with van der Waals surface area (Å²) >= 11 is 0. The summed E-state index contributed by atoms with van der Waals surface area (Å²) in [5, 5.41) is 7.55. The fourth-order valence-electron chi connectivity index (χ4n) is 3.69. The summed E-state index contributed by atoms with van der Waals surface area (Å²) in [5.41, 5.74) is 7.39. The van der Waals surface area contributed by atoms with Gasteiger partial charge in [-0.15, -0.1) is 0 Å². The monoisotopic (exact) mass is 388 g/mol. The number of amides is 1. The van der Waals surface area contributed by atoms with Gasteiger partial charge in [0.05, 0.1) is 11.4 Å². The summed E-state index contributed by atoms with van der Waals surface area (Å²) in [6.07, 6.45) is 4.83. The molecule has 0 atom stereocenters. The average Bonchev–Trinajstić information content (AvgIpc) is 3.03. The molecule has 0 radical (unpaired) electrons. The van der Waals surface area contributed by atoms with Crippen LogP contribution in [-0.4, -0.2) is 16.6 Å². The van der Waals surface area contributed by atoms with E-state index in [2.05, 4.69) is 34.7 Å². The topological polar surface area (TPSA) is 79.5 Å². The lowest BCUT2D eigenvalue weighted by molar-refractivity contribution is 0.0993. The number of anilines is 2. The molecule has 6 nitrogen and oxygen atoms in total. The van der Waals surface area contributed by atoms with E-state index in [0.717, 1.165) is 41.1 Å². The highest BCUT2D eigenvalue weighted by Gasteiger charge is 2.36. The van der Waals surface area contributed by atoms with Gasteiger partial charge in [0.25, 0.3) is 5.91 Å². The molecule has 0 saturated carbocycles. The summed E-state index contributed by atoms with van der Waals surface area (Å²) in [6, 6.07) is 13.3. The van der Waals surface area contributed by atoms with E-state index in [1.807, 2.05) is 37.3 Å². The van der Waals surface area contributed by atoms with Gasteiger partial charge in [0.2, 0.25) is 0 Å². The van der Waals surface area contributed by atoms with Gasteiger partial charge in [0.15, 0.2) is 5.76 Å². The van der Waals surface area contributed by atoms with Crippen LogP contribution in [0, 0.1) is 12.3 Å². The van der Waals surface area contributed by atoms with E-state index < -0.39 is 0 Å². The Labute approximate surface area is 170 Å². The maximum absolute atomic E-state index is 12.8. The highest BCUT2D eigenvalue weighted by molar-refractivity contribution is 6.09. The number of hydrogen-bond acceptors (Lipinski definition) is 5. The Morgan fingerprint density at radius 2 is 1.79 bits per heavy atom. The molecule has 0 aliphatic heterocycles. The van der Waals surface area contributed by atoms with Crippen LogP contribution in [0.4, 0.5) is 11.4 Å². The third kappa shape index (κ3) is 4.06. The second-order valence-corrected chi connectivity index (χ2v) is 8.10. The van der Waals surface area contributed by atoms with Gasteiger partial charge < -0.3 is 9.73 Å². The van der Waals surface area contributed by atoms with Gasteiger partial charge in [-0.25, -0.2) is 0 Å². The van der Waals surface area contributed by atoms with Gasteiger partial charge in [0, 0.05) is 35.6 Å². The van der Waals surface area contributed by atoms with Crippen LogP contribution in [0.15, 0.2) is 64.4 Å². The highest BCUT2D eigenvalue weighted by atomic mass is 16.4. The van der Waals surface area contributed by atoms with Crippen LogP contribution in [0.5, 0.6) is 0 Å². The number of para-hydroxylation sites is 1. The van der Waals surface area contributed by atoms with E-state index in [4.69, 9.17) is 4.42 Å². The van der Waals surface area contributed by atoms with Crippen molar-refractivity contribution in [2.75, 3.05) is 10.7 Å². The Bertz CT molecular complexity index is 1050. The first-order valence-corrected chi connectivity index (χ1v) is 9.64. The van der Waals surface area contributed by atoms with Crippen LogP contribution in [0.1, 0.15) is 47.7 Å². The number of rotatable bonds is 4. The summed E-state index contributed by atoms with van der Waals surface area (Å²) in [7, 11) is 0. The Hall–Kier alpha value is -3.41. The fraction of sp³-hybridized carbons (Fsp3) is 0.261. The van der Waals surface area contributed by atoms with Crippen molar-refractivity contribution >= 4 is 23.0 Å². The summed E-state index contributed by atoms with van der Waals surface area (Å²) in [4.78, 5) is 16.8. The summed E-state index contributed by atoms with van der Waals surface area (Å²) in [6.45, 7) is 6.28. The minimum absolute atomic E-state index is 0.00661. The van der Waals surface area contributed by atoms with Gasteiger partial charge in [-0.1, -0.05) is 32.0 Å². The second-order valence-electron chi connectivity index (χ2n) is 8.10. The van der Waals surface area contributed by atoms with Crippen LogP contribution in [-0.2, 0) is 6.42 Å². The zero-order chi connectivity index (χ0) is 20.4. The van der Waals surface area contributed by atoms with Gasteiger partial charge in [-0.05, 0) is 43.0 Å². The molecule has 2 aromatic heterocycles. The highest BCUT2D eigenvalue weighted by Crippen LogP contribution is 2.39. The van der Waals surface area contributed by atoms with Crippen molar-refractivity contribution in [1.82, 2.24) is 4.98 Å². The molecule has 4 rings (SSSR count). The Morgan fingerprint density at radius 3 is 2.52 bits per heavy atom. The van der Waals surface area contributed by atoms with Gasteiger partial charge in [0.1, 0.15) is 5.76 Å². The number of hydrazone groups is 1. The largest absolute Gasteiger partial charge is 0.455 e. The van der Waals surface area contributed by atoms with E-state index in [1.54, 1.807) is 24.5 Å². The minimum Gasteiger partial charge on any atom is -0.455 e. The average molecular weight is 388 g/mol. The molecule has 148 valence electrons. The summed E-state index contributed by atoms with van der Waals surface area (Å²) in [5.74, 6) is 0.875. The molecule has 3 aromatic rings. The number of carbonyl (C=O) groups excluding carboxylic acids is 1. The molecule has 6 heteroatoms. The lowest BCUT2D eigenvalue weighted by Gasteiger charge is -2.29. The quantitative estimate of drug-likeness (QED) is 0.615. The predicted molar refractivity (Wildman–Crippen MR) is 114 cm³/mol. The molecule has 1 aliphatic carbocycles. The first kappa shape index (κ1) is 18.9. The number of carbonyl (C=O) groups is 1. The zero-order valence-corrected chi connectivity index (χ0v) is 16.8. The van der Waals surface area contributed by atoms with E-state index in [0.29, 0.717) is 11.4 Å². The number of pyridine rings is 1. The Morgan fingerprint density at radius 1 is 1.07 bits per heavy atom. The maximum Gasteiger partial charge on any atom is 0.291 e. The first-order chi connectivity index (χ1) is 13.9. The Kier molecular flexibility index (Phi) is 4.92. The number of aromatic nitrogens is 1. The normalized spacial score (nSPS) is 16.3. The van der Waals surface area contributed by atoms with Crippen molar-refractivity contribution < 1.29 is 9.21 Å². The number of nitrogens with one attached hydrogen (secondary N) is 2. The van der Waals surface area contributed by atoms with E-state index >= 15 is 0 Å². The van der Waals surface area contributed by atoms with Gasteiger partial charge in [-0.2, -0.15) is 5.10 Å². The van der Waals surface area contributed by atoms with Crippen LogP contribution < -0.4 is 10.7 Å². The molecule has 2 heterocycles. The molecule has 0 fully saturated rings. The van der Waals surface area contributed by atoms with Crippen LogP contribution in [0.2, 0.25) is 0 Å². The SMILES string of the molecule is Cc1c(C(=O)Nc2ccncc2)oc2c1/C(=N\Nc1ccccc1)CC(C)(C)C2. The van der Waals surface area contributed by atoms with E-state index in [-0.39, 0.29) is 11.3 Å². The molecular weight excluding hydrogens is 364 g/mol. The minimum atomic E-state index is -0.267. The fourth-order valence-corrected chi connectivity index (χ4v) is 3.69. The van der Waals surface area contributed by atoms with Gasteiger partial charge in [-0.3, -0.25) is 15.2 Å². The third-order valence-corrected chi connectivity index (χ3v) is 5.03. The second kappa shape index (κ2) is 7.54. The van der Waals surface area contributed by atoms with Gasteiger partial charge >= 0.3 is 0 Å². The van der Waals surface area contributed by atoms with Crippen molar-refractivity contribution in [2.45, 2.75) is 33.6 Å².